The lowest BCUT2D eigenvalue weighted by atomic mass is 10.1. The van der Waals surface area contributed by atoms with Crippen LogP contribution in [0.4, 0.5) is 11.4 Å². The second kappa shape index (κ2) is 11.8. The minimum atomic E-state index is -0.856. The van der Waals surface area contributed by atoms with E-state index in [1.54, 1.807) is 60.4 Å². The average molecular weight is 517 g/mol. The number of nitrogens with zero attached hydrogens (tertiary/aromatic N) is 2. The van der Waals surface area contributed by atoms with Gasteiger partial charge >= 0.3 is 5.97 Å². The molecule has 11 heteroatoms. The van der Waals surface area contributed by atoms with E-state index < -0.39 is 17.9 Å². The Morgan fingerprint density at radius 2 is 1.74 bits per heavy atom. The third-order valence-corrected chi connectivity index (χ3v) is 5.86. The number of ether oxygens (including phenoxy) is 1. The van der Waals surface area contributed by atoms with E-state index in [2.05, 4.69) is 10.6 Å². The molecule has 0 bridgehead atoms. The molecule has 35 heavy (non-hydrogen) atoms. The Hall–Kier alpha value is -3.50. The number of nitrogens with one attached hydrogen (secondary N) is 2. The lowest BCUT2D eigenvalue weighted by Crippen LogP contribution is -2.42. The average Bonchev–Trinajstić information content (AvgIpc) is 3.04. The van der Waals surface area contributed by atoms with Gasteiger partial charge in [-0.2, -0.15) is 0 Å². The van der Waals surface area contributed by atoms with Crippen molar-refractivity contribution in [3.8, 4) is 0 Å². The van der Waals surface area contributed by atoms with E-state index in [0.717, 1.165) is 0 Å². The molecule has 1 fully saturated rings. The van der Waals surface area contributed by atoms with Gasteiger partial charge in [0.05, 0.1) is 24.3 Å². The van der Waals surface area contributed by atoms with Gasteiger partial charge in [-0.1, -0.05) is 11.6 Å². The second-order valence-electron chi connectivity index (χ2n) is 7.67. The molecule has 1 atom stereocenters. The minimum Gasteiger partial charge on any atom is -0.462 e. The van der Waals surface area contributed by atoms with Gasteiger partial charge in [0.1, 0.15) is 6.04 Å². The largest absolute Gasteiger partial charge is 0.462 e. The Morgan fingerprint density at radius 1 is 1.09 bits per heavy atom. The lowest BCUT2D eigenvalue weighted by molar-refractivity contribution is -0.124. The minimum absolute atomic E-state index is 0.164. The van der Waals surface area contributed by atoms with E-state index in [4.69, 9.17) is 28.6 Å². The maximum absolute atomic E-state index is 13.3. The van der Waals surface area contributed by atoms with Crippen LogP contribution in [0, 0.1) is 0 Å². The smallest absolute Gasteiger partial charge is 0.338 e. The highest BCUT2D eigenvalue weighted by molar-refractivity contribution is 7.80. The molecule has 9 nitrogen and oxygen atoms in total. The summed E-state index contributed by atoms with van der Waals surface area (Å²) < 4.78 is 4.95. The highest BCUT2D eigenvalue weighted by atomic mass is 35.5. The molecule has 0 aliphatic carbocycles. The fraction of sp³-hybridized carbons (Fsp3) is 0.292. The molecule has 1 heterocycles. The number of halogens is 1. The van der Waals surface area contributed by atoms with Gasteiger partial charge in [-0.3, -0.25) is 19.3 Å². The number of esters is 1. The van der Waals surface area contributed by atoms with Crippen LogP contribution in [0.15, 0.2) is 48.5 Å². The molecule has 3 rings (SSSR count). The van der Waals surface area contributed by atoms with E-state index in [1.807, 2.05) is 0 Å². The predicted octanol–water partition coefficient (Wildman–Crippen LogP) is 2.98. The number of anilines is 2. The van der Waals surface area contributed by atoms with Gasteiger partial charge in [0, 0.05) is 30.7 Å². The fourth-order valence-corrected chi connectivity index (χ4v) is 4.10. The van der Waals surface area contributed by atoms with Crippen molar-refractivity contribution < 1.29 is 23.9 Å². The molecule has 0 aromatic heterocycles. The van der Waals surface area contributed by atoms with Gasteiger partial charge < -0.3 is 20.3 Å². The molecule has 0 saturated carbocycles. The van der Waals surface area contributed by atoms with Crippen LogP contribution >= 0.6 is 23.8 Å². The van der Waals surface area contributed by atoms with Gasteiger partial charge in [0.15, 0.2) is 5.11 Å². The van der Waals surface area contributed by atoms with E-state index in [0.29, 0.717) is 22.0 Å². The van der Waals surface area contributed by atoms with Gasteiger partial charge in [0.2, 0.25) is 11.8 Å². The molecule has 0 radical (unpaired) electrons. The number of carbonyl (C=O) groups is 4. The molecule has 1 aliphatic heterocycles. The monoisotopic (exact) mass is 516 g/mol. The number of benzene rings is 2. The van der Waals surface area contributed by atoms with Gasteiger partial charge in [-0.15, -0.1) is 0 Å². The molecular weight excluding hydrogens is 492 g/mol. The molecule has 2 aromatic carbocycles. The number of thiocarbonyl (C=S) groups is 1. The van der Waals surface area contributed by atoms with E-state index in [9.17, 15) is 19.2 Å². The number of carbonyl (C=O) groups excluding carboxylic acids is 4. The van der Waals surface area contributed by atoms with Crippen molar-refractivity contribution in [3.05, 3.63) is 59.1 Å². The van der Waals surface area contributed by atoms with Crippen molar-refractivity contribution in [1.29, 1.82) is 0 Å². The Balaban J connectivity index is 1.74. The molecule has 2 N–H and O–H groups in total. The highest BCUT2D eigenvalue weighted by Crippen LogP contribution is 2.28. The Morgan fingerprint density at radius 3 is 2.34 bits per heavy atom. The van der Waals surface area contributed by atoms with Crippen LogP contribution in [0.25, 0.3) is 0 Å². The molecule has 2 aromatic rings. The van der Waals surface area contributed by atoms with Gasteiger partial charge in [-0.25, -0.2) is 4.79 Å². The summed E-state index contributed by atoms with van der Waals surface area (Å²) >= 11 is 11.5. The topological polar surface area (TPSA) is 108 Å². The second-order valence-corrected chi connectivity index (χ2v) is 8.48. The Labute approximate surface area is 213 Å². The number of hydrogen-bond acceptors (Lipinski definition) is 6. The van der Waals surface area contributed by atoms with Crippen molar-refractivity contribution in [3.63, 3.8) is 0 Å². The number of amides is 3. The molecule has 1 saturated heterocycles. The van der Waals surface area contributed by atoms with Crippen LogP contribution in [-0.2, 0) is 19.1 Å². The van der Waals surface area contributed by atoms with Crippen molar-refractivity contribution >= 4 is 64.0 Å². The Bertz CT molecular complexity index is 1120. The molecule has 0 spiro atoms. The first-order valence-electron chi connectivity index (χ1n) is 10.9. The zero-order valence-electron chi connectivity index (χ0n) is 19.2. The molecular formula is C24H25ClN4O5S. The van der Waals surface area contributed by atoms with Crippen LogP contribution < -0.4 is 15.5 Å². The summed E-state index contributed by atoms with van der Waals surface area (Å²) in [6.45, 7) is 3.88. The van der Waals surface area contributed by atoms with Crippen LogP contribution in [-0.4, -0.2) is 59.4 Å². The van der Waals surface area contributed by atoms with Gasteiger partial charge in [0.25, 0.3) is 5.91 Å². The summed E-state index contributed by atoms with van der Waals surface area (Å²) in [5, 5.41) is 6.17. The maximum atomic E-state index is 13.3. The number of hydrogen-bond donors (Lipinski definition) is 2. The summed E-state index contributed by atoms with van der Waals surface area (Å²) in [6.07, 6.45) is -0.164. The van der Waals surface area contributed by atoms with Crippen molar-refractivity contribution in [2.45, 2.75) is 26.3 Å². The lowest BCUT2D eigenvalue weighted by Gasteiger charge is -2.24. The first-order chi connectivity index (χ1) is 16.7. The van der Waals surface area contributed by atoms with Crippen LogP contribution in [0.1, 0.15) is 30.6 Å². The SMILES string of the molecule is CCOC(=O)c1ccc(NC(=O)C[C@@H]2C(=O)N(c3ccc(Cl)cc3)C(=S)N2CCNC(C)=O)cc1. The van der Waals surface area contributed by atoms with Crippen molar-refractivity contribution in [2.75, 3.05) is 29.9 Å². The van der Waals surface area contributed by atoms with E-state index in [-0.39, 0.29) is 43.0 Å². The van der Waals surface area contributed by atoms with E-state index in [1.165, 1.54) is 11.8 Å². The third-order valence-electron chi connectivity index (χ3n) is 5.19. The quantitative estimate of drug-likeness (QED) is 0.389. The first kappa shape index (κ1) is 26.1. The predicted molar refractivity (Wildman–Crippen MR) is 136 cm³/mol. The number of rotatable bonds is 9. The first-order valence-corrected chi connectivity index (χ1v) is 11.7. The summed E-state index contributed by atoms with van der Waals surface area (Å²) in [5.74, 6) is -1.42. The third kappa shape index (κ3) is 6.55. The van der Waals surface area contributed by atoms with Gasteiger partial charge in [-0.05, 0) is 67.7 Å². The standard InChI is InChI=1S/C24H25ClN4O5S/c1-3-34-23(33)16-4-8-18(9-5-16)27-21(31)14-20-22(32)29(19-10-6-17(25)7-11-19)24(35)28(20)13-12-26-15(2)30/h4-11,20H,3,12-14H2,1-2H3,(H,26,30)(H,27,31)/t20-/m1/s1. The van der Waals surface area contributed by atoms with Crippen molar-refractivity contribution in [2.24, 2.45) is 0 Å². The maximum Gasteiger partial charge on any atom is 0.338 e. The fourth-order valence-electron chi connectivity index (χ4n) is 3.56. The summed E-state index contributed by atoms with van der Waals surface area (Å²) in [4.78, 5) is 52.3. The van der Waals surface area contributed by atoms with E-state index >= 15 is 0 Å². The summed E-state index contributed by atoms with van der Waals surface area (Å²) in [7, 11) is 0. The Kier molecular flexibility index (Phi) is 8.78. The van der Waals surface area contributed by atoms with Crippen LogP contribution in [0.5, 0.6) is 0 Å². The normalized spacial score (nSPS) is 15.2. The zero-order chi connectivity index (χ0) is 25.5. The highest BCUT2D eigenvalue weighted by Gasteiger charge is 2.43. The molecule has 184 valence electrons. The summed E-state index contributed by atoms with van der Waals surface area (Å²) in [5.41, 5.74) is 1.37. The molecule has 0 unspecified atom stereocenters. The zero-order valence-corrected chi connectivity index (χ0v) is 20.8. The van der Waals surface area contributed by atoms with Crippen LogP contribution in [0.2, 0.25) is 5.02 Å². The van der Waals surface area contributed by atoms with Crippen LogP contribution in [0.3, 0.4) is 0 Å². The van der Waals surface area contributed by atoms with Crippen molar-refractivity contribution in [1.82, 2.24) is 10.2 Å². The molecule has 3 amide bonds. The molecule has 1 aliphatic rings. The summed E-state index contributed by atoms with van der Waals surface area (Å²) in [6, 6.07) is 12.0.